The van der Waals surface area contributed by atoms with E-state index in [2.05, 4.69) is 18.8 Å². The van der Waals surface area contributed by atoms with E-state index in [1.165, 1.54) is 6.42 Å². The van der Waals surface area contributed by atoms with Crippen LogP contribution >= 0.6 is 0 Å². The molecule has 3 heteroatoms. The fraction of sp³-hybridized carbons (Fsp3) is 0.471. The first-order valence-corrected chi connectivity index (χ1v) is 7.29. The summed E-state index contributed by atoms with van der Waals surface area (Å²) in [5, 5.41) is 0. The second kappa shape index (κ2) is 7.12. The second-order valence-corrected chi connectivity index (χ2v) is 5.41. The predicted octanol–water partition coefficient (Wildman–Crippen LogP) is 2.26. The van der Waals surface area contributed by atoms with Gasteiger partial charge >= 0.3 is 0 Å². The largest absolute Gasteiger partial charge is 0.339 e. The highest BCUT2D eigenvalue weighted by molar-refractivity contribution is 5.94. The zero-order valence-electron chi connectivity index (χ0n) is 12.1. The number of nitrogens with zero attached hydrogens (tertiary/aromatic N) is 1. The minimum Gasteiger partial charge on any atom is -0.339 e. The van der Waals surface area contributed by atoms with Crippen LogP contribution in [0.2, 0.25) is 0 Å². The van der Waals surface area contributed by atoms with Gasteiger partial charge in [-0.3, -0.25) is 4.79 Å². The van der Waals surface area contributed by atoms with Crippen molar-refractivity contribution in [3.05, 3.63) is 35.4 Å². The van der Waals surface area contributed by atoms with E-state index in [4.69, 9.17) is 5.73 Å². The highest BCUT2D eigenvalue weighted by atomic mass is 16.2. The number of hydrogen-bond donors (Lipinski definition) is 1. The van der Waals surface area contributed by atoms with Crippen molar-refractivity contribution in [2.45, 2.75) is 26.2 Å². The molecule has 1 aliphatic rings. The maximum absolute atomic E-state index is 12.5. The van der Waals surface area contributed by atoms with Gasteiger partial charge in [0.05, 0.1) is 6.54 Å². The smallest absolute Gasteiger partial charge is 0.253 e. The van der Waals surface area contributed by atoms with Gasteiger partial charge in [-0.25, -0.2) is 0 Å². The van der Waals surface area contributed by atoms with Crippen LogP contribution in [0.5, 0.6) is 0 Å². The fourth-order valence-corrected chi connectivity index (χ4v) is 2.50. The Morgan fingerprint density at radius 3 is 2.75 bits per heavy atom. The lowest BCUT2D eigenvalue weighted by Crippen LogP contribution is -2.31. The van der Waals surface area contributed by atoms with Crippen LogP contribution in [-0.2, 0) is 0 Å². The third kappa shape index (κ3) is 3.85. The average Bonchev–Trinajstić information content (AvgIpc) is 2.70. The first kappa shape index (κ1) is 14.6. The van der Waals surface area contributed by atoms with Crippen molar-refractivity contribution < 1.29 is 4.79 Å². The molecule has 1 aromatic carbocycles. The summed E-state index contributed by atoms with van der Waals surface area (Å²) in [6.07, 6.45) is 3.43. The van der Waals surface area contributed by atoms with Crippen LogP contribution in [0.25, 0.3) is 0 Å². The Morgan fingerprint density at radius 1 is 1.30 bits per heavy atom. The molecule has 1 fully saturated rings. The van der Waals surface area contributed by atoms with Crippen molar-refractivity contribution in [2.75, 3.05) is 19.6 Å². The summed E-state index contributed by atoms with van der Waals surface area (Å²) in [5.74, 6) is 6.64. The number of nitrogens with two attached hydrogens (primary N) is 1. The van der Waals surface area contributed by atoms with E-state index in [0.717, 1.165) is 43.0 Å². The molecule has 0 saturated carbocycles. The summed E-state index contributed by atoms with van der Waals surface area (Å²) >= 11 is 0. The van der Waals surface area contributed by atoms with Gasteiger partial charge in [0, 0.05) is 24.2 Å². The van der Waals surface area contributed by atoms with Gasteiger partial charge in [-0.05, 0) is 49.4 Å². The molecule has 2 N–H and O–H groups in total. The molecule has 106 valence electrons. The molecule has 0 aliphatic carbocycles. The molecule has 1 unspecified atom stereocenters. The fourth-order valence-electron chi connectivity index (χ4n) is 2.50. The molecule has 0 aromatic heterocycles. The molecule has 0 spiro atoms. The number of amides is 1. The number of benzene rings is 1. The normalized spacial score (nSPS) is 18.9. The summed E-state index contributed by atoms with van der Waals surface area (Å²) in [7, 11) is 0. The summed E-state index contributed by atoms with van der Waals surface area (Å²) < 4.78 is 0. The molecule has 1 aromatic rings. The predicted molar refractivity (Wildman–Crippen MR) is 81.3 cm³/mol. The number of rotatable bonds is 1. The van der Waals surface area contributed by atoms with Crippen molar-refractivity contribution in [2.24, 2.45) is 11.7 Å². The van der Waals surface area contributed by atoms with Gasteiger partial charge in [-0.2, -0.15) is 0 Å². The monoisotopic (exact) mass is 270 g/mol. The average molecular weight is 270 g/mol. The molecule has 1 saturated heterocycles. The quantitative estimate of drug-likeness (QED) is 0.796. The van der Waals surface area contributed by atoms with E-state index in [1.54, 1.807) is 0 Å². The van der Waals surface area contributed by atoms with Gasteiger partial charge in [-0.1, -0.05) is 18.8 Å². The van der Waals surface area contributed by atoms with E-state index in [1.807, 2.05) is 29.2 Å². The maximum atomic E-state index is 12.5. The molecule has 2 rings (SSSR count). The minimum atomic E-state index is 0.137. The van der Waals surface area contributed by atoms with Crippen molar-refractivity contribution >= 4 is 5.91 Å². The van der Waals surface area contributed by atoms with E-state index in [0.29, 0.717) is 6.54 Å². The Bertz CT molecular complexity index is 510. The van der Waals surface area contributed by atoms with Crippen molar-refractivity contribution in [3.8, 4) is 11.8 Å². The zero-order valence-corrected chi connectivity index (χ0v) is 12.1. The summed E-state index contributed by atoms with van der Waals surface area (Å²) in [6.45, 7) is 4.36. The summed E-state index contributed by atoms with van der Waals surface area (Å²) in [6, 6.07) is 7.49. The van der Waals surface area contributed by atoms with E-state index >= 15 is 0 Å². The number of hydrogen-bond acceptors (Lipinski definition) is 2. The Morgan fingerprint density at radius 2 is 2.05 bits per heavy atom. The van der Waals surface area contributed by atoms with Gasteiger partial charge in [0.1, 0.15) is 0 Å². The van der Waals surface area contributed by atoms with Crippen LogP contribution in [0, 0.1) is 17.8 Å². The van der Waals surface area contributed by atoms with Gasteiger partial charge in [0.15, 0.2) is 0 Å². The van der Waals surface area contributed by atoms with Crippen LogP contribution in [-0.4, -0.2) is 30.4 Å². The van der Waals surface area contributed by atoms with E-state index in [-0.39, 0.29) is 5.91 Å². The van der Waals surface area contributed by atoms with Gasteiger partial charge < -0.3 is 10.6 Å². The van der Waals surface area contributed by atoms with Gasteiger partial charge in [0.25, 0.3) is 5.91 Å². The Hall–Kier alpha value is -1.79. The standard InChI is InChI=1S/C17H22N2O/c1-14-4-3-12-19(13-10-14)17(20)16-8-6-15(7-9-16)5-2-11-18/h6-9,14H,3-4,10-13,18H2,1H3. The van der Waals surface area contributed by atoms with Crippen molar-refractivity contribution in [1.82, 2.24) is 4.90 Å². The maximum Gasteiger partial charge on any atom is 0.253 e. The number of carbonyl (C=O) groups is 1. The van der Waals surface area contributed by atoms with Crippen LogP contribution in [0.4, 0.5) is 0 Å². The summed E-state index contributed by atoms with van der Waals surface area (Å²) in [5.41, 5.74) is 6.99. The third-order valence-corrected chi connectivity index (χ3v) is 3.77. The Balaban J connectivity index is 2.05. The molecular weight excluding hydrogens is 248 g/mol. The molecule has 20 heavy (non-hydrogen) atoms. The Labute approximate surface area is 121 Å². The van der Waals surface area contributed by atoms with Gasteiger partial charge in [0.2, 0.25) is 0 Å². The molecule has 0 radical (unpaired) electrons. The molecule has 1 amide bonds. The highest BCUT2D eigenvalue weighted by Crippen LogP contribution is 2.18. The van der Waals surface area contributed by atoms with Gasteiger partial charge in [-0.15, -0.1) is 0 Å². The molecule has 0 bridgehead atoms. The molecule has 1 aliphatic heterocycles. The third-order valence-electron chi connectivity index (χ3n) is 3.77. The first-order valence-electron chi connectivity index (χ1n) is 7.29. The lowest BCUT2D eigenvalue weighted by Gasteiger charge is -2.20. The first-order chi connectivity index (χ1) is 9.70. The molecule has 1 atom stereocenters. The number of likely N-dealkylation sites (tertiary alicyclic amines) is 1. The van der Waals surface area contributed by atoms with Crippen LogP contribution in [0.15, 0.2) is 24.3 Å². The molecule has 3 nitrogen and oxygen atoms in total. The number of carbonyl (C=O) groups excluding carboxylic acids is 1. The van der Waals surface area contributed by atoms with Crippen LogP contribution in [0.3, 0.4) is 0 Å². The lowest BCUT2D eigenvalue weighted by atomic mass is 10.0. The zero-order chi connectivity index (χ0) is 14.4. The molecular formula is C17H22N2O. The van der Waals surface area contributed by atoms with Crippen LogP contribution in [0.1, 0.15) is 42.1 Å². The topological polar surface area (TPSA) is 46.3 Å². The second-order valence-electron chi connectivity index (χ2n) is 5.41. The van der Waals surface area contributed by atoms with E-state index < -0.39 is 0 Å². The SMILES string of the molecule is CC1CCCN(C(=O)c2ccc(C#CCN)cc2)CC1. The minimum absolute atomic E-state index is 0.137. The summed E-state index contributed by atoms with van der Waals surface area (Å²) in [4.78, 5) is 14.4. The Kier molecular flexibility index (Phi) is 5.20. The van der Waals surface area contributed by atoms with Crippen molar-refractivity contribution in [1.29, 1.82) is 0 Å². The highest BCUT2D eigenvalue weighted by Gasteiger charge is 2.19. The van der Waals surface area contributed by atoms with E-state index in [9.17, 15) is 4.79 Å². The van der Waals surface area contributed by atoms with Crippen LogP contribution < -0.4 is 5.73 Å². The lowest BCUT2D eigenvalue weighted by molar-refractivity contribution is 0.0760. The van der Waals surface area contributed by atoms with Crippen molar-refractivity contribution in [3.63, 3.8) is 0 Å². The molecule has 1 heterocycles.